The molecule has 1 N–H and O–H groups in total. The van der Waals surface area contributed by atoms with Crippen molar-refractivity contribution in [1.29, 1.82) is 0 Å². The van der Waals surface area contributed by atoms with E-state index in [4.69, 9.17) is 9.84 Å². The van der Waals surface area contributed by atoms with Gasteiger partial charge in [-0.15, -0.1) is 0 Å². The molecule has 0 aliphatic heterocycles. The number of hydrogen-bond donors (Lipinski definition) is 1. The van der Waals surface area contributed by atoms with E-state index in [1.165, 1.54) is 31.2 Å². The maximum Gasteiger partial charge on any atom is 0.335 e. The molecule has 4 nitrogen and oxygen atoms in total. The second kappa shape index (κ2) is 6.17. The zero-order chi connectivity index (χ0) is 15.4. The van der Waals surface area contributed by atoms with E-state index < -0.39 is 11.8 Å². The second-order valence-electron chi connectivity index (χ2n) is 4.49. The van der Waals surface area contributed by atoms with Gasteiger partial charge in [-0.3, -0.25) is 4.79 Å². The van der Waals surface area contributed by atoms with Crippen molar-refractivity contribution in [2.45, 2.75) is 13.5 Å². The van der Waals surface area contributed by atoms with Crippen molar-refractivity contribution in [3.05, 3.63) is 65.0 Å². The van der Waals surface area contributed by atoms with Crippen molar-refractivity contribution < 1.29 is 23.8 Å². The Morgan fingerprint density at radius 2 is 1.95 bits per heavy atom. The third kappa shape index (κ3) is 3.66. The molecule has 0 radical (unpaired) electrons. The molecule has 0 saturated carbocycles. The normalized spacial score (nSPS) is 10.2. The lowest BCUT2D eigenvalue weighted by molar-refractivity contribution is 0.0696. The number of carboxylic acids is 1. The SMILES string of the molecule is CC(=O)c1ccc(OCc2cccc(C(=O)O)c2)cc1F. The highest BCUT2D eigenvalue weighted by Gasteiger charge is 2.09. The van der Waals surface area contributed by atoms with Crippen molar-refractivity contribution in [3.63, 3.8) is 0 Å². The Bertz CT molecular complexity index is 694. The smallest absolute Gasteiger partial charge is 0.335 e. The first kappa shape index (κ1) is 14.7. The minimum absolute atomic E-state index is 0.00947. The maximum absolute atomic E-state index is 13.6. The van der Waals surface area contributed by atoms with Crippen LogP contribution in [0.25, 0.3) is 0 Å². The summed E-state index contributed by atoms with van der Waals surface area (Å²) < 4.78 is 19.0. The first-order chi connectivity index (χ1) is 9.97. The summed E-state index contributed by atoms with van der Waals surface area (Å²) in [5.41, 5.74) is 0.829. The molecule has 0 spiro atoms. The predicted octanol–water partition coefficient (Wildman–Crippen LogP) is 3.31. The standard InChI is InChI=1S/C16H13FO4/c1-10(18)14-6-5-13(8-15(14)17)21-9-11-3-2-4-12(7-11)16(19)20/h2-8H,9H2,1H3,(H,19,20). The molecule has 0 aliphatic carbocycles. The summed E-state index contributed by atoms with van der Waals surface area (Å²) in [5, 5.41) is 8.89. The number of aromatic carboxylic acids is 1. The van der Waals surface area contributed by atoms with Crippen LogP contribution >= 0.6 is 0 Å². The Morgan fingerprint density at radius 3 is 2.57 bits per heavy atom. The Kier molecular flexibility index (Phi) is 4.33. The van der Waals surface area contributed by atoms with Gasteiger partial charge in [-0.05, 0) is 36.8 Å². The number of halogens is 1. The van der Waals surface area contributed by atoms with Crippen LogP contribution in [0.4, 0.5) is 4.39 Å². The molecule has 21 heavy (non-hydrogen) atoms. The fourth-order valence-corrected chi connectivity index (χ4v) is 1.83. The molecule has 0 saturated heterocycles. The van der Waals surface area contributed by atoms with Crippen molar-refractivity contribution in [3.8, 4) is 5.75 Å². The van der Waals surface area contributed by atoms with E-state index in [-0.39, 0.29) is 29.3 Å². The number of ether oxygens (including phenoxy) is 1. The van der Waals surface area contributed by atoms with E-state index in [1.54, 1.807) is 12.1 Å². The fourth-order valence-electron chi connectivity index (χ4n) is 1.83. The van der Waals surface area contributed by atoms with Gasteiger partial charge in [-0.25, -0.2) is 9.18 Å². The maximum atomic E-state index is 13.6. The van der Waals surface area contributed by atoms with Gasteiger partial charge in [-0.1, -0.05) is 12.1 Å². The zero-order valence-electron chi connectivity index (χ0n) is 11.3. The average Bonchev–Trinajstić information content (AvgIpc) is 2.45. The monoisotopic (exact) mass is 288 g/mol. The molecule has 2 aromatic rings. The highest BCUT2D eigenvalue weighted by atomic mass is 19.1. The lowest BCUT2D eigenvalue weighted by atomic mass is 10.1. The van der Waals surface area contributed by atoms with Crippen LogP contribution in [0.3, 0.4) is 0 Å². The molecule has 0 aliphatic rings. The Labute approximate surface area is 120 Å². The predicted molar refractivity (Wildman–Crippen MR) is 74.1 cm³/mol. The Balaban J connectivity index is 2.10. The molecule has 5 heteroatoms. The van der Waals surface area contributed by atoms with Crippen molar-refractivity contribution >= 4 is 11.8 Å². The number of carbonyl (C=O) groups excluding carboxylic acids is 1. The Hall–Kier alpha value is -2.69. The van der Waals surface area contributed by atoms with E-state index >= 15 is 0 Å². The van der Waals surface area contributed by atoms with Crippen molar-refractivity contribution in [1.82, 2.24) is 0 Å². The first-order valence-electron chi connectivity index (χ1n) is 6.23. The summed E-state index contributed by atoms with van der Waals surface area (Å²) >= 11 is 0. The van der Waals surface area contributed by atoms with Gasteiger partial charge in [0.25, 0.3) is 0 Å². The molecular weight excluding hydrogens is 275 g/mol. The summed E-state index contributed by atoms with van der Waals surface area (Å²) in [5.74, 6) is -1.74. The molecule has 0 amide bonds. The number of ketones is 1. The van der Waals surface area contributed by atoms with Crippen LogP contribution in [-0.4, -0.2) is 16.9 Å². The Morgan fingerprint density at radius 1 is 1.19 bits per heavy atom. The third-order valence-electron chi connectivity index (χ3n) is 2.90. The number of hydrogen-bond acceptors (Lipinski definition) is 3. The molecule has 108 valence electrons. The van der Waals surface area contributed by atoms with Crippen molar-refractivity contribution in [2.24, 2.45) is 0 Å². The van der Waals surface area contributed by atoms with E-state index in [0.717, 1.165) is 6.07 Å². The highest BCUT2D eigenvalue weighted by molar-refractivity contribution is 5.94. The minimum atomic E-state index is -1.02. The van der Waals surface area contributed by atoms with Gasteiger partial charge in [0, 0.05) is 6.07 Å². The average molecular weight is 288 g/mol. The number of Topliss-reactive ketones (excluding diaryl/α,β-unsaturated/α-hetero) is 1. The topological polar surface area (TPSA) is 63.6 Å². The van der Waals surface area contributed by atoms with E-state index in [9.17, 15) is 14.0 Å². The van der Waals surface area contributed by atoms with Crippen LogP contribution in [0.5, 0.6) is 5.75 Å². The minimum Gasteiger partial charge on any atom is -0.489 e. The highest BCUT2D eigenvalue weighted by Crippen LogP contribution is 2.18. The van der Waals surface area contributed by atoms with Gasteiger partial charge in [0.2, 0.25) is 0 Å². The second-order valence-corrected chi connectivity index (χ2v) is 4.49. The third-order valence-corrected chi connectivity index (χ3v) is 2.90. The molecule has 0 heterocycles. The molecular formula is C16H13FO4. The van der Waals surface area contributed by atoms with Crippen LogP contribution in [0.15, 0.2) is 42.5 Å². The largest absolute Gasteiger partial charge is 0.489 e. The molecule has 0 aromatic heterocycles. The number of carbonyl (C=O) groups is 2. The van der Waals surface area contributed by atoms with Gasteiger partial charge < -0.3 is 9.84 Å². The lowest BCUT2D eigenvalue weighted by Crippen LogP contribution is -2.01. The van der Waals surface area contributed by atoms with E-state index in [2.05, 4.69) is 0 Å². The summed E-state index contributed by atoms with van der Waals surface area (Å²) in [6, 6.07) is 10.3. The van der Waals surface area contributed by atoms with Gasteiger partial charge in [-0.2, -0.15) is 0 Å². The molecule has 0 bridgehead atoms. The van der Waals surface area contributed by atoms with Gasteiger partial charge in [0.15, 0.2) is 5.78 Å². The molecule has 0 fully saturated rings. The summed E-state index contributed by atoms with van der Waals surface area (Å²) in [4.78, 5) is 22.0. The number of carboxylic acid groups (broad SMARTS) is 1. The molecule has 0 unspecified atom stereocenters. The fraction of sp³-hybridized carbons (Fsp3) is 0.125. The van der Waals surface area contributed by atoms with Crippen LogP contribution in [0.2, 0.25) is 0 Å². The van der Waals surface area contributed by atoms with Crippen LogP contribution in [0.1, 0.15) is 33.2 Å². The number of rotatable bonds is 5. The molecule has 2 aromatic carbocycles. The zero-order valence-corrected chi connectivity index (χ0v) is 11.3. The van der Waals surface area contributed by atoms with Crippen LogP contribution in [-0.2, 0) is 6.61 Å². The van der Waals surface area contributed by atoms with Gasteiger partial charge >= 0.3 is 5.97 Å². The van der Waals surface area contributed by atoms with Crippen LogP contribution < -0.4 is 4.74 Å². The van der Waals surface area contributed by atoms with Crippen LogP contribution in [0, 0.1) is 5.82 Å². The number of benzene rings is 2. The van der Waals surface area contributed by atoms with Gasteiger partial charge in [0.05, 0.1) is 11.1 Å². The summed E-state index contributed by atoms with van der Waals surface area (Å²) in [7, 11) is 0. The summed E-state index contributed by atoms with van der Waals surface area (Å²) in [6.45, 7) is 1.40. The quantitative estimate of drug-likeness (QED) is 0.857. The van der Waals surface area contributed by atoms with Crippen molar-refractivity contribution in [2.75, 3.05) is 0 Å². The lowest BCUT2D eigenvalue weighted by Gasteiger charge is -2.08. The summed E-state index contributed by atoms with van der Waals surface area (Å²) in [6.07, 6.45) is 0. The molecule has 0 atom stereocenters. The molecule has 2 rings (SSSR count). The van der Waals surface area contributed by atoms with E-state index in [0.29, 0.717) is 5.56 Å². The first-order valence-corrected chi connectivity index (χ1v) is 6.23. The van der Waals surface area contributed by atoms with E-state index in [1.807, 2.05) is 0 Å². The van der Waals surface area contributed by atoms with Gasteiger partial charge in [0.1, 0.15) is 18.2 Å².